The van der Waals surface area contributed by atoms with Crippen molar-refractivity contribution >= 4 is 5.91 Å². The van der Waals surface area contributed by atoms with Crippen LogP contribution in [0.15, 0.2) is 0 Å². The molecule has 0 aromatic rings. The van der Waals surface area contributed by atoms with Crippen molar-refractivity contribution in [2.45, 2.75) is 51.2 Å². The van der Waals surface area contributed by atoms with Crippen molar-refractivity contribution < 1.29 is 9.53 Å². The maximum atomic E-state index is 10.8. The van der Waals surface area contributed by atoms with Crippen LogP contribution in [0.25, 0.3) is 0 Å². The van der Waals surface area contributed by atoms with E-state index < -0.39 is 0 Å². The van der Waals surface area contributed by atoms with Crippen LogP contribution in [0.3, 0.4) is 0 Å². The van der Waals surface area contributed by atoms with Gasteiger partial charge in [0, 0.05) is 25.1 Å². The maximum Gasteiger partial charge on any atom is 0.219 e. The number of nitrogens with one attached hydrogen (secondary N) is 1. The van der Waals surface area contributed by atoms with Gasteiger partial charge in [-0.15, -0.1) is 0 Å². The molecule has 1 atom stereocenters. The zero-order valence-corrected chi connectivity index (χ0v) is 9.71. The van der Waals surface area contributed by atoms with Gasteiger partial charge in [-0.3, -0.25) is 4.79 Å². The topological polar surface area (TPSA) is 64.4 Å². The molecule has 88 valence electrons. The Balaban J connectivity index is 2.24. The summed E-state index contributed by atoms with van der Waals surface area (Å²) < 4.78 is 5.60. The van der Waals surface area contributed by atoms with Crippen molar-refractivity contribution in [3.05, 3.63) is 0 Å². The molecule has 1 heterocycles. The number of amides is 1. The van der Waals surface area contributed by atoms with Crippen LogP contribution in [0.5, 0.6) is 0 Å². The average molecular weight is 214 g/mol. The van der Waals surface area contributed by atoms with Crippen LogP contribution in [0.1, 0.15) is 39.5 Å². The van der Waals surface area contributed by atoms with Gasteiger partial charge in [0.25, 0.3) is 0 Å². The fourth-order valence-electron chi connectivity index (χ4n) is 1.86. The molecule has 0 spiro atoms. The molecule has 0 aromatic heterocycles. The van der Waals surface area contributed by atoms with Gasteiger partial charge in [-0.25, -0.2) is 0 Å². The summed E-state index contributed by atoms with van der Waals surface area (Å²) in [6.45, 7) is 5.64. The lowest BCUT2D eigenvalue weighted by molar-refractivity contribution is -0.119. The third-order valence-corrected chi connectivity index (χ3v) is 2.70. The van der Waals surface area contributed by atoms with E-state index in [1.807, 2.05) is 13.8 Å². The van der Waals surface area contributed by atoms with Gasteiger partial charge in [0.2, 0.25) is 5.91 Å². The second-order valence-electron chi connectivity index (χ2n) is 4.90. The summed E-state index contributed by atoms with van der Waals surface area (Å²) in [6.07, 6.45) is 4.18. The monoisotopic (exact) mass is 214 g/mol. The average Bonchev–Trinajstić information content (AvgIpc) is 2.15. The minimum atomic E-state index is -0.267. The van der Waals surface area contributed by atoms with Crippen LogP contribution < -0.4 is 11.1 Å². The Bertz CT molecular complexity index is 211. The molecule has 15 heavy (non-hydrogen) atoms. The highest BCUT2D eigenvalue weighted by Gasteiger charge is 2.22. The Kier molecular flexibility index (Phi) is 4.54. The molecule has 1 fully saturated rings. The summed E-state index contributed by atoms with van der Waals surface area (Å²) in [5.74, 6) is -0.267. The van der Waals surface area contributed by atoms with Gasteiger partial charge >= 0.3 is 0 Å². The molecule has 4 nitrogen and oxygen atoms in total. The van der Waals surface area contributed by atoms with Crippen LogP contribution in [0, 0.1) is 0 Å². The molecule has 0 aromatic carbocycles. The van der Waals surface area contributed by atoms with Crippen molar-refractivity contribution in [3.63, 3.8) is 0 Å². The van der Waals surface area contributed by atoms with Gasteiger partial charge in [-0.1, -0.05) is 0 Å². The number of rotatable bonds is 5. The summed E-state index contributed by atoms with van der Waals surface area (Å²) >= 11 is 0. The zero-order valence-electron chi connectivity index (χ0n) is 9.71. The predicted molar refractivity (Wildman–Crippen MR) is 59.5 cm³/mol. The number of hydrogen-bond acceptors (Lipinski definition) is 3. The highest BCUT2D eigenvalue weighted by atomic mass is 16.5. The SMILES string of the molecule is CC(C)(CC(N)=O)NCC1CCCCO1. The zero-order chi connectivity index (χ0) is 11.3. The third-order valence-electron chi connectivity index (χ3n) is 2.70. The van der Waals surface area contributed by atoms with Crippen LogP contribution >= 0.6 is 0 Å². The Morgan fingerprint density at radius 3 is 2.80 bits per heavy atom. The Hall–Kier alpha value is -0.610. The van der Waals surface area contributed by atoms with E-state index >= 15 is 0 Å². The van der Waals surface area contributed by atoms with E-state index in [-0.39, 0.29) is 11.4 Å². The molecule has 0 bridgehead atoms. The predicted octanol–water partition coefficient (Wildman–Crippen LogP) is 0.799. The Morgan fingerprint density at radius 2 is 2.27 bits per heavy atom. The lowest BCUT2D eigenvalue weighted by Gasteiger charge is -2.29. The molecule has 1 unspecified atom stereocenters. The molecular weight excluding hydrogens is 192 g/mol. The summed E-state index contributed by atoms with van der Waals surface area (Å²) in [4.78, 5) is 10.8. The van der Waals surface area contributed by atoms with E-state index in [4.69, 9.17) is 10.5 Å². The largest absolute Gasteiger partial charge is 0.377 e. The quantitative estimate of drug-likeness (QED) is 0.711. The number of ether oxygens (including phenoxy) is 1. The first-order chi connectivity index (χ1) is 6.99. The summed E-state index contributed by atoms with van der Waals surface area (Å²) in [6, 6.07) is 0. The molecule has 0 radical (unpaired) electrons. The number of nitrogens with two attached hydrogens (primary N) is 1. The number of primary amides is 1. The Labute approximate surface area is 91.5 Å². The van der Waals surface area contributed by atoms with E-state index in [1.165, 1.54) is 12.8 Å². The molecule has 3 N–H and O–H groups in total. The first-order valence-electron chi connectivity index (χ1n) is 5.64. The second kappa shape index (κ2) is 5.47. The fourth-order valence-corrected chi connectivity index (χ4v) is 1.86. The minimum absolute atomic E-state index is 0.230. The van der Waals surface area contributed by atoms with Gasteiger partial charge < -0.3 is 15.8 Å². The Morgan fingerprint density at radius 1 is 1.53 bits per heavy atom. The molecule has 1 aliphatic rings. The molecule has 0 saturated carbocycles. The fraction of sp³-hybridized carbons (Fsp3) is 0.909. The highest BCUT2D eigenvalue weighted by Crippen LogP contribution is 2.14. The van der Waals surface area contributed by atoms with E-state index in [0.717, 1.165) is 19.6 Å². The normalized spacial score (nSPS) is 22.7. The molecule has 1 rings (SSSR count). The van der Waals surface area contributed by atoms with E-state index in [1.54, 1.807) is 0 Å². The molecule has 1 aliphatic heterocycles. The van der Waals surface area contributed by atoms with Crippen LogP contribution in [0.4, 0.5) is 0 Å². The van der Waals surface area contributed by atoms with Crippen molar-refractivity contribution in [2.75, 3.05) is 13.2 Å². The minimum Gasteiger partial charge on any atom is -0.377 e. The number of hydrogen-bond donors (Lipinski definition) is 2. The smallest absolute Gasteiger partial charge is 0.219 e. The first-order valence-corrected chi connectivity index (χ1v) is 5.64. The summed E-state index contributed by atoms with van der Waals surface area (Å²) in [5, 5.41) is 3.33. The van der Waals surface area contributed by atoms with E-state index in [2.05, 4.69) is 5.32 Å². The maximum absolute atomic E-state index is 10.8. The first kappa shape index (κ1) is 12.5. The standard InChI is InChI=1S/C11H22N2O2/c1-11(2,7-10(12)14)13-8-9-5-3-4-6-15-9/h9,13H,3-8H2,1-2H3,(H2,12,14). The third kappa shape index (κ3) is 5.14. The lowest BCUT2D eigenvalue weighted by Crippen LogP contribution is -2.46. The van der Waals surface area contributed by atoms with Gasteiger partial charge in [0.15, 0.2) is 0 Å². The lowest BCUT2D eigenvalue weighted by atomic mass is 9.99. The van der Waals surface area contributed by atoms with Crippen molar-refractivity contribution in [1.82, 2.24) is 5.32 Å². The van der Waals surface area contributed by atoms with Crippen LogP contribution in [-0.2, 0) is 9.53 Å². The van der Waals surface area contributed by atoms with Gasteiger partial charge in [0.05, 0.1) is 6.10 Å². The highest BCUT2D eigenvalue weighted by molar-refractivity contribution is 5.74. The summed E-state index contributed by atoms with van der Waals surface area (Å²) in [7, 11) is 0. The van der Waals surface area contributed by atoms with E-state index in [0.29, 0.717) is 12.5 Å². The van der Waals surface area contributed by atoms with Crippen LogP contribution in [0.2, 0.25) is 0 Å². The van der Waals surface area contributed by atoms with Crippen LogP contribution in [-0.4, -0.2) is 30.7 Å². The molecule has 0 aliphatic carbocycles. The van der Waals surface area contributed by atoms with Gasteiger partial charge in [0.1, 0.15) is 0 Å². The molecule has 1 saturated heterocycles. The van der Waals surface area contributed by atoms with Crippen molar-refractivity contribution in [1.29, 1.82) is 0 Å². The molecule has 1 amide bonds. The molecule has 4 heteroatoms. The molecular formula is C11H22N2O2. The number of carbonyl (C=O) groups is 1. The summed E-state index contributed by atoms with van der Waals surface area (Å²) in [5.41, 5.74) is 4.95. The van der Waals surface area contributed by atoms with E-state index in [9.17, 15) is 4.79 Å². The van der Waals surface area contributed by atoms with Crippen molar-refractivity contribution in [2.24, 2.45) is 5.73 Å². The van der Waals surface area contributed by atoms with Crippen molar-refractivity contribution in [3.8, 4) is 0 Å². The van der Waals surface area contributed by atoms with Gasteiger partial charge in [-0.05, 0) is 33.1 Å². The van der Waals surface area contributed by atoms with Gasteiger partial charge in [-0.2, -0.15) is 0 Å². The second-order valence-corrected chi connectivity index (χ2v) is 4.90. The number of carbonyl (C=O) groups excluding carboxylic acids is 1.